The Morgan fingerprint density at radius 2 is 1.94 bits per heavy atom. The van der Waals surface area contributed by atoms with Crippen molar-refractivity contribution in [3.05, 3.63) is 76.6 Å². The number of thioether (sulfide) groups is 1. The van der Waals surface area contributed by atoms with E-state index in [0.717, 1.165) is 35.2 Å². The zero-order valence-electron chi connectivity index (χ0n) is 19.2. The fourth-order valence-corrected chi connectivity index (χ4v) is 4.29. The highest BCUT2D eigenvalue weighted by Gasteiger charge is 2.16. The van der Waals surface area contributed by atoms with E-state index in [9.17, 15) is 4.79 Å². The first-order valence-corrected chi connectivity index (χ1v) is 12.3. The lowest BCUT2D eigenvalue weighted by atomic mass is 10.0. The molecule has 2 aromatic carbocycles. The van der Waals surface area contributed by atoms with E-state index < -0.39 is 0 Å². The number of ether oxygens (including phenoxy) is 1. The van der Waals surface area contributed by atoms with Crippen molar-refractivity contribution in [2.45, 2.75) is 51.9 Å². The Bertz CT molecular complexity index is 1110. The van der Waals surface area contributed by atoms with Crippen LogP contribution in [0.15, 0.2) is 54.2 Å². The second-order valence-corrected chi connectivity index (χ2v) is 8.84. The molecule has 3 rings (SSSR count). The summed E-state index contributed by atoms with van der Waals surface area (Å²) in [4.78, 5) is 12.7. The van der Waals surface area contributed by atoms with Gasteiger partial charge in [-0.15, -0.1) is 16.8 Å². The van der Waals surface area contributed by atoms with Gasteiger partial charge in [-0.3, -0.25) is 9.36 Å². The number of allylic oxidation sites excluding steroid dienone is 1. The Morgan fingerprint density at radius 3 is 2.58 bits per heavy atom. The lowest BCUT2D eigenvalue weighted by molar-refractivity contribution is -0.113. The van der Waals surface area contributed by atoms with Crippen LogP contribution in [0.25, 0.3) is 0 Å². The number of anilines is 1. The number of nitrogens with one attached hydrogen (secondary N) is 1. The quantitative estimate of drug-likeness (QED) is 0.272. The van der Waals surface area contributed by atoms with Crippen molar-refractivity contribution in [1.29, 1.82) is 0 Å². The first kappa shape index (κ1) is 24.9. The predicted octanol–water partition coefficient (Wildman–Crippen LogP) is 5.86. The standard InChI is InChI=1S/C25H29ClN4O2S/c1-5-13-30-22(15-32-20-11-12-21(26)17(4)14-20)28-29-25(30)33-16-23(31)27-24-18(6-2)9-8-10-19(24)7-3/h5,8-12,14H,1,6-7,13,15-16H2,2-4H3,(H,27,31). The molecule has 0 unspecified atom stereocenters. The average Bonchev–Trinajstić information content (AvgIpc) is 3.20. The summed E-state index contributed by atoms with van der Waals surface area (Å²) < 4.78 is 7.79. The number of hydrogen-bond donors (Lipinski definition) is 1. The molecule has 0 radical (unpaired) electrons. The van der Waals surface area contributed by atoms with E-state index >= 15 is 0 Å². The Morgan fingerprint density at radius 1 is 1.21 bits per heavy atom. The van der Waals surface area contributed by atoms with Gasteiger partial charge < -0.3 is 10.1 Å². The molecule has 0 atom stereocenters. The molecule has 0 fully saturated rings. The molecule has 0 aliphatic rings. The molecule has 0 aliphatic heterocycles. The van der Waals surface area contributed by atoms with Gasteiger partial charge in [-0.25, -0.2) is 0 Å². The molecule has 0 bridgehead atoms. The van der Waals surface area contributed by atoms with Crippen molar-refractivity contribution in [3.8, 4) is 5.75 Å². The predicted molar refractivity (Wildman–Crippen MR) is 135 cm³/mol. The topological polar surface area (TPSA) is 69.0 Å². The van der Waals surface area contributed by atoms with Gasteiger partial charge in [-0.2, -0.15) is 0 Å². The molecule has 1 heterocycles. The van der Waals surface area contributed by atoms with Gasteiger partial charge in [0.1, 0.15) is 12.4 Å². The lowest BCUT2D eigenvalue weighted by Gasteiger charge is -2.14. The molecular weight excluding hydrogens is 456 g/mol. The minimum Gasteiger partial charge on any atom is -0.486 e. The first-order chi connectivity index (χ1) is 16.0. The zero-order valence-corrected chi connectivity index (χ0v) is 20.8. The van der Waals surface area contributed by atoms with E-state index in [-0.39, 0.29) is 18.3 Å². The number of benzene rings is 2. The molecule has 174 valence electrons. The van der Waals surface area contributed by atoms with Crippen molar-refractivity contribution in [3.63, 3.8) is 0 Å². The van der Waals surface area contributed by atoms with Crippen LogP contribution < -0.4 is 10.1 Å². The SMILES string of the molecule is C=CCn1c(COc2ccc(Cl)c(C)c2)nnc1SCC(=O)Nc1c(CC)cccc1CC. The van der Waals surface area contributed by atoms with E-state index in [2.05, 4.69) is 48.1 Å². The summed E-state index contributed by atoms with van der Waals surface area (Å²) in [5.74, 6) is 1.53. The highest BCUT2D eigenvalue weighted by molar-refractivity contribution is 7.99. The second kappa shape index (κ2) is 11.9. The Hall–Kier alpha value is -2.77. The Labute approximate surface area is 204 Å². The number of hydrogen-bond acceptors (Lipinski definition) is 5. The van der Waals surface area contributed by atoms with Gasteiger partial charge in [0.15, 0.2) is 11.0 Å². The van der Waals surface area contributed by atoms with Crippen LogP contribution in [0, 0.1) is 6.92 Å². The van der Waals surface area contributed by atoms with E-state index in [1.807, 2.05) is 29.7 Å². The van der Waals surface area contributed by atoms with Crippen LogP contribution in [0.3, 0.4) is 0 Å². The summed E-state index contributed by atoms with van der Waals surface area (Å²) >= 11 is 7.43. The lowest BCUT2D eigenvalue weighted by Crippen LogP contribution is -2.17. The summed E-state index contributed by atoms with van der Waals surface area (Å²) in [6.07, 6.45) is 3.50. The smallest absolute Gasteiger partial charge is 0.234 e. The fraction of sp³-hybridized carbons (Fsp3) is 0.320. The van der Waals surface area contributed by atoms with Gasteiger partial charge in [0, 0.05) is 17.3 Å². The molecule has 3 aromatic rings. The maximum Gasteiger partial charge on any atom is 0.234 e. The van der Waals surface area contributed by atoms with Crippen LogP contribution in [-0.2, 0) is 30.8 Å². The van der Waals surface area contributed by atoms with Crippen molar-refractivity contribution >= 4 is 35.0 Å². The van der Waals surface area contributed by atoms with Gasteiger partial charge in [-0.05, 0) is 54.7 Å². The van der Waals surface area contributed by atoms with Gasteiger partial charge >= 0.3 is 0 Å². The largest absolute Gasteiger partial charge is 0.486 e. The number of amides is 1. The molecular formula is C25H29ClN4O2S. The molecule has 1 N–H and O–H groups in total. The van der Waals surface area contributed by atoms with Crippen molar-refractivity contribution in [2.24, 2.45) is 0 Å². The van der Waals surface area contributed by atoms with E-state index in [1.165, 1.54) is 11.8 Å². The van der Waals surface area contributed by atoms with Crippen LogP contribution in [0.4, 0.5) is 5.69 Å². The monoisotopic (exact) mass is 484 g/mol. The number of rotatable bonds is 11. The minimum atomic E-state index is -0.0711. The summed E-state index contributed by atoms with van der Waals surface area (Å²) in [7, 11) is 0. The third-order valence-corrected chi connectivity index (χ3v) is 6.59. The number of carbonyl (C=O) groups is 1. The minimum absolute atomic E-state index is 0.0711. The van der Waals surface area contributed by atoms with Crippen molar-refractivity contribution < 1.29 is 9.53 Å². The Balaban J connectivity index is 1.66. The summed E-state index contributed by atoms with van der Waals surface area (Å²) in [5.41, 5.74) is 4.15. The molecule has 0 saturated heterocycles. The van der Waals surface area contributed by atoms with Crippen molar-refractivity contribution in [2.75, 3.05) is 11.1 Å². The summed E-state index contributed by atoms with van der Waals surface area (Å²) in [6.45, 7) is 10.7. The Kier molecular flexibility index (Phi) is 8.97. The zero-order chi connectivity index (χ0) is 23.8. The summed E-state index contributed by atoms with van der Waals surface area (Å²) in [6, 6.07) is 11.7. The number of halogens is 1. The van der Waals surface area contributed by atoms with E-state index in [4.69, 9.17) is 16.3 Å². The highest BCUT2D eigenvalue weighted by Crippen LogP contribution is 2.25. The number of aromatic nitrogens is 3. The maximum atomic E-state index is 12.7. The van der Waals surface area contributed by atoms with Crippen LogP contribution >= 0.6 is 23.4 Å². The van der Waals surface area contributed by atoms with E-state index in [0.29, 0.717) is 28.3 Å². The van der Waals surface area contributed by atoms with Crippen LogP contribution in [0.1, 0.15) is 36.4 Å². The fourth-order valence-electron chi connectivity index (χ4n) is 3.41. The average molecular weight is 485 g/mol. The molecule has 0 saturated carbocycles. The number of aryl methyl sites for hydroxylation is 3. The summed E-state index contributed by atoms with van der Waals surface area (Å²) in [5, 5.41) is 13.0. The molecule has 1 aromatic heterocycles. The molecule has 8 heteroatoms. The number of para-hydroxylation sites is 1. The first-order valence-electron chi connectivity index (χ1n) is 10.9. The van der Waals surface area contributed by atoms with Crippen LogP contribution in [0.5, 0.6) is 5.75 Å². The third-order valence-electron chi connectivity index (χ3n) is 5.20. The number of nitrogens with zero attached hydrogens (tertiary/aromatic N) is 3. The van der Waals surface area contributed by atoms with Crippen molar-refractivity contribution in [1.82, 2.24) is 14.8 Å². The normalized spacial score (nSPS) is 10.8. The van der Waals surface area contributed by atoms with Crippen LogP contribution in [-0.4, -0.2) is 26.4 Å². The van der Waals surface area contributed by atoms with E-state index in [1.54, 1.807) is 12.1 Å². The second-order valence-electron chi connectivity index (χ2n) is 7.49. The maximum absolute atomic E-state index is 12.7. The van der Waals surface area contributed by atoms with Gasteiger partial charge in [0.2, 0.25) is 5.91 Å². The third kappa shape index (κ3) is 6.39. The van der Waals surface area contributed by atoms with Gasteiger partial charge in [0.25, 0.3) is 0 Å². The molecule has 0 aliphatic carbocycles. The van der Waals surface area contributed by atoms with Gasteiger partial charge in [0.05, 0.1) is 5.75 Å². The molecule has 33 heavy (non-hydrogen) atoms. The molecule has 6 nitrogen and oxygen atoms in total. The highest BCUT2D eigenvalue weighted by atomic mass is 35.5. The molecule has 0 spiro atoms. The molecule has 1 amide bonds. The number of carbonyl (C=O) groups excluding carboxylic acids is 1. The van der Waals surface area contributed by atoms with Crippen LogP contribution in [0.2, 0.25) is 5.02 Å². The van der Waals surface area contributed by atoms with Gasteiger partial charge in [-0.1, -0.05) is 61.5 Å².